The van der Waals surface area contributed by atoms with Crippen molar-refractivity contribution in [2.75, 3.05) is 13.2 Å². The van der Waals surface area contributed by atoms with Crippen molar-refractivity contribution in [2.45, 2.75) is 33.2 Å². The number of aryl methyl sites for hydroxylation is 2. The Morgan fingerprint density at radius 1 is 1.12 bits per heavy atom. The molecule has 0 saturated carbocycles. The normalized spacial score (nSPS) is 10.8. The third-order valence-corrected chi connectivity index (χ3v) is 4.37. The summed E-state index contributed by atoms with van der Waals surface area (Å²) in [5, 5.41) is 2.62. The number of rotatable bonds is 7. The fraction of sp³-hybridized carbons (Fsp3) is 0.333. The maximum Gasteiger partial charge on any atom is 0.407 e. The molecule has 0 spiro atoms. The van der Waals surface area contributed by atoms with Crippen LogP contribution in [0.2, 0.25) is 0 Å². The largest absolute Gasteiger partial charge is 0.450 e. The molecule has 1 aromatic heterocycles. The van der Waals surface area contributed by atoms with Crippen molar-refractivity contribution >= 4 is 17.1 Å². The van der Waals surface area contributed by atoms with E-state index < -0.39 is 0 Å². The number of carbonyl (C=O) groups excluding carboxylic acids is 1. The molecule has 2 aromatic carbocycles. The Balaban J connectivity index is 1.56. The van der Waals surface area contributed by atoms with Gasteiger partial charge in [0.1, 0.15) is 5.82 Å². The third kappa shape index (κ3) is 4.42. The fourth-order valence-electron chi connectivity index (χ4n) is 3.03. The number of fused-ring (bicyclic) bond motifs is 1. The van der Waals surface area contributed by atoms with Gasteiger partial charge >= 0.3 is 6.09 Å². The van der Waals surface area contributed by atoms with Crippen molar-refractivity contribution in [3.8, 4) is 0 Å². The molecule has 0 fully saturated rings. The average molecular weight is 351 g/mol. The second-order valence-corrected chi connectivity index (χ2v) is 6.32. The zero-order valence-electron chi connectivity index (χ0n) is 15.4. The second-order valence-electron chi connectivity index (χ2n) is 6.32. The first-order chi connectivity index (χ1) is 12.7. The van der Waals surface area contributed by atoms with E-state index in [2.05, 4.69) is 45.2 Å². The first kappa shape index (κ1) is 18.0. The number of carbonyl (C=O) groups is 1. The fourth-order valence-corrected chi connectivity index (χ4v) is 3.03. The number of hydrogen-bond donors (Lipinski definition) is 1. The SMILES string of the molecule is CCNC(=O)OCCCc1ccc(Cn2c(C)nc3ccccc32)cc1. The van der Waals surface area contributed by atoms with Crippen LogP contribution in [0.25, 0.3) is 11.0 Å². The van der Waals surface area contributed by atoms with Crippen LogP contribution in [0.5, 0.6) is 0 Å². The number of imidazole rings is 1. The topological polar surface area (TPSA) is 56.1 Å². The van der Waals surface area contributed by atoms with Gasteiger partial charge in [-0.15, -0.1) is 0 Å². The molecule has 3 aromatic rings. The minimum absolute atomic E-state index is 0.342. The monoisotopic (exact) mass is 351 g/mol. The highest BCUT2D eigenvalue weighted by Gasteiger charge is 2.07. The van der Waals surface area contributed by atoms with Crippen molar-refractivity contribution in [3.63, 3.8) is 0 Å². The first-order valence-electron chi connectivity index (χ1n) is 9.07. The minimum Gasteiger partial charge on any atom is -0.450 e. The van der Waals surface area contributed by atoms with Gasteiger partial charge < -0.3 is 14.6 Å². The van der Waals surface area contributed by atoms with Gasteiger partial charge in [0.05, 0.1) is 17.6 Å². The lowest BCUT2D eigenvalue weighted by atomic mass is 10.1. The first-order valence-corrected chi connectivity index (χ1v) is 9.07. The average Bonchev–Trinajstić information content (AvgIpc) is 2.96. The predicted octanol–water partition coefficient (Wildman–Crippen LogP) is 4.07. The van der Waals surface area contributed by atoms with Gasteiger partial charge in [0.2, 0.25) is 0 Å². The molecule has 1 heterocycles. The van der Waals surface area contributed by atoms with Crippen molar-refractivity contribution in [1.29, 1.82) is 0 Å². The number of hydrogen-bond acceptors (Lipinski definition) is 3. The molecule has 0 unspecified atom stereocenters. The molecular formula is C21H25N3O2. The lowest BCUT2D eigenvalue weighted by molar-refractivity contribution is 0.145. The van der Waals surface area contributed by atoms with Crippen LogP contribution in [0.4, 0.5) is 4.79 Å². The number of ether oxygens (including phenoxy) is 1. The van der Waals surface area contributed by atoms with Gasteiger partial charge in [-0.2, -0.15) is 0 Å². The number of alkyl carbamates (subject to hydrolysis) is 1. The summed E-state index contributed by atoms with van der Waals surface area (Å²) in [7, 11) is 0. The van der Waals surface area contributed by atoms with Gasteiger partial charge in [-0.3, -0.25) is 0 Å². The van der Waals surface area contributed by atoms with Crippen molar-refractivity contribution in [2.24, 2.45) is 0 Å². The highest BCUT2D eigenvalue weighted by molar-refractivity contribution is 5.76. The van der Waals surface area contributed by atoms with E-state index in [0.717, 1.165) is 36.2 Å². The van der Waals surface area contributed by atoms with E-state index in [9.17, 15) is 4.79 Å². The summed E-state index contributed by atoms with van der Waals surface area (Å²) < 4.78 is 7.33. The Bertz CT molecular complexity index is 869. The van der Waals surface area contributed by atoms with Crippen LogP contribution < -0.4 is 5.32 Å². The van der Waals surface area contributed by atoms with Crippen LogP contribution >= 0.6 is 0 Å². The van der Waals surface area contributed by atoms with Gasteiger partial charge in [-0.1, -0.05) is 36.4 Å². The van der Waals surface area contributed by atoms with E-state index >= 15 is 0 Å². The minimum atomic E-state index is -0.342. The summed E-state index contributed by atoms with van der Waals surface area (Å²) in [6, 6.07) is 16.8. The smallest absolute Gasteiger partial charge is 0.407 e. The van der Waals surface area contributed by atoms with Crippen LogP contribution in [-0.4, -0.2) is 28.8 Å². The van der Waals surface area contributed by atoms with E-state index in [4.69, 9.17) is 4.74 Å². The quantitative estimate of drug-likeness (QED) is 0.653. The van der Waals surface area contributed by atoms with Crippen LogP contribution in [0.1, 0.15) is 30.3 Å². The summed E-state index contributed by atoms with van der Waals surface area (Å²) in [5.74, 6) is 1.03. The van der Waals surface area contributed by atoms with Gasteiger partial charge in [-0.25, -0.2) is 9.78 Å². The Labute approximate surface area is 154 Å². The Hall–Kier alpha value is -2.82. The van der Waals surface area contributed by atoms with Gasteiger partial charge in [0, 0.05) is 13.1 Å². The predicted molar refractivity (Wildman–Crippen MR) is 103 cm³/mol. The Morgan fingerprint density at radius 3 is 2.62 bits per heavy atom. The molecule has 0 atom stereocenters. The van der Waals surface area contributed by atoms with Gasteiger partial charge in [-0.05, 0) is 49.9 Å². The molecular weight excluding hydrogens is 326 g/mol. The van der Waals surface area contributed by atoms with Gasteiger partial charge in [0.15, 0.2) is 0 Å². The molecule has 26 heavy (non-hydrogen) atoms. The summed E-state index contributed by atoms with van der Waals surface area (Å²) >= 11 is 0. The molecule has 0 bridgehead atoms. The van der Waals surface area contributed by atoms with E-state index in [1.165, 1.54) is 11.1 Å². The summed E-state index contributed by atoms with van der Waals surface area (Å²) in [6.07, 6.45) is 1.37. The molecule has 3 rings (SSSR count). The molecule has 5 heteroatoms. The molecule has 136 valence electrons. The van der Waals surface area contributed by atoms with Crippen molar-refractivity contribution in [3.05, 3.63) is 65.5 Å². The van der Waals surface area contributed by atoms with Crippen LogP contribution in [0.15, 0.2) is 48.5 Å². The summed E-state index contributed by atoms with van der Waals surface area (Å²) in [4.78, 5) is 15.9. The number of para-hydroxylation sites is 2. The standard InChI is InChI=1S/C21H25N3O2/c1-3-22-21(25)26-14-6-7-17-10-12-18(13-11-17)15-24-16(2)23-19-8-4-5-9-20(19)24/h4-5,8-13H,3,6-7,14-15H2,1-2H3,(H,22,25). The number of benzene rings is 2. The molecule has 1 amide bonds. The number of nitrogens with one attached hydrogen (secondary N) is 1. The molecule has 1 N–H and O–H groups in total. The third-order valence-electron chi connectivity index (χ3n) is 4.37. The number of aromatic nitrogens is 2. The van der Waals surface area contributed by atoms with E-state index in [-0.39, 0.29) is 6.09 Å². The van der Waals surface area contributed by atoms with Crippen molar-refractivity contribution < 1.29 is 9.53 Å². The van der Waals surface area contributed by atoms with Crippen molar-refractivity contribution in [1.82, 2.24) is 14.9 Å². The molecule has 0 aliphatic rings. The maximum atomic E-state index is 11.2. The number of nitrogens with zero attached hydrogens (tertiary/aromatic N) is 2. The zero-order valence-corrected chi connectivity index (χ0v) is 15.4. The van der Waals surface area contributed by atoms with E-state index in [0.29, 0.717) is 13.2 Å². The Morgan fingerprint density at radius 2 is 1.85 bits per heavy atom. The summed E-state index contributed by atoms with van der Waals surface area (Å²) in [5.41, 5.74) is 4.70. The molecule has 0 aliphatic heterocycles. The highest BCUT2D eigenvalue weighted by atomic mass is 16.5. The van der Waals surface area contributed by atoms with E-state index in [1.807, 2.05) is 32.0 Å². The van der Waals surface area contributed by atoms with Crippen LogP contribution in [0.3, 0.4) is 0 Å². The molecule has 0 radical (unpaired) electrons. The highest BCUT2D eigenvalue weighted by Crippen LogP contribution is 2.18. The lowest BCUT2D eigenvalue weighted by Crippen LogP contribution is -2.24. The number of amides is 1. The van der Waals surface area contributed by atoms with Crippen LogP contribution in [-0.2, 0) is 17.7 Å². The zero-order chi connectivity index (χ0) is 18.4. The molecule has 5 nitrogen and oxygen atoms in total. The second kappa shape index (κ2) is 8.52. The summed E-state index contributed by atoms with van der Waals surface area (Å²) in [6.45, 7) is 5.76. The van der Waals surface area contributed by atoms with Crippen LogP contribution in [0, 0.1) is 6.92 Å². The maximum absolute atomic E-state index is 11.2. The lowest BCUT2D eigenvalue weighted by Gasteiger charge is -2.09. The Kier molecular flexibility index (Phi) is 5.89. The molecule has 0 aliphatic carbocycles. The van der Waals surface area contributed by atoms with Gasteiger partial charge in [0.25, 0.3) is 0 Å². The molecule has 0 saturated heterocycles. The van der Waals surface area contributed by atoms with E-state index in [1.54, 1.807) is 0 Å².